The molecule has 9 heteroatoms. The van der Waals surface area contributed by atoms with Gasteiger partial charge in [-0.15, -0.1) is 5.10 Å². The van der Waals surface area contributed by atoms with Gasteiger partial charge in [0.25, 0.3) is 0 Å². The van der Waals surface area contributed by atoms with E-state index in [1.165, 1.54) is 0 Å². The fourth-order valence-corrected chi connectivity index (χ4v) is 2.75. The highest BCUT2D eigenvalue weighted by molar-refractivity contribution is 5.90. The lowest BCUT2D eigenvalue weighted by molar-refractivity contribution is -0.116. The predicted octanol–water partition coefficient (Wildman–Crippen LogP) is 2.36. The molecule has 0 aromatic carbocycles. The number of aromatic nitrogens is 6. The molecule has 0 unspecified atom stereocenters. The first-order chi connectivity index (χ1) is 13.1. The van der Waals surface area contributed by atoms with Gasteiger partial charge in [0.2, 0.25) is 17.6 Å². The molecule has 0 aliphatic rings. The van der Waals surface area contributed by atoms with Crippen LogP contribution in [0.1, 0.15) is 23.7 Å². The van der Waals surface area contributed by atoms with Gasteiger partial charge < -0.3 is 9.84 Å². The first-order valence-electron chi connectivity index (χ1n) is 8.45. The van der Waals surface area contributed by atoms with E-state index in [0.717, 1.165) is 17.0 Å². The van der Waals surface area contributed by atoms with E-state index in [1.807, 2.05) is 19.9 Å². The number of carbonyl (C=O) groups is 1. The molecule has 1 amide bonds. The summed E-state index contributed by atoms with van der Waals surface area (Å²) >= 11 is 0. The van der Waals surface area contributed by atoms with E-state index in [0.29, 0.717) is 29.6 Å². The van der Waals surface area contributed by atoms with Gasteiger partial charge in [-0.3, -0.25) is 9.78 Å². The largest absolute Gasteiger partial charge is 0.339 e. The Morgan fingerprint density at radius 3 is 2.81 bits per heavy atom. The van der Waals surface area contributed by atoms with Crippen LogP contribution < -0.4 is 5.32 Å². The van der Waals surface area contributed by atoms with Crippen LogP contribution in [0.2, 0.25) is 0 Å². The van der Waals surface area contributed by atoms with Gasteiger partial charge in [0.1, 0.15) is 0 Å². The highest BCUT2D eigenvalue weighted by Crippen LogP contribution is 2.15. The van der Waals surface area contributed by atoms with Crippen molar-refractivity contribution in [2.75, 3.05) is 5.32 Å². The summed E-state index contributed by atoms with van der Waals surface area (Å²) in [6, 6.07) is 7.26. The van der Waals surface area contributed by atoms with Crippen LogP contribution in [0.25, 0.3) is 17.0 Å². The second kappa shape index (κ2) is 6.94. The maximum atomic E-state index is 12.2. The third-order valence-corrected chi connectivity index (χ3v) is 3.97. The smallest absolute Gasteiger partial charge is 0.227 e. The molecule has 4 rings (SSSR count). The van der Waals surface area contributed by atoms with Crippen molar-refractivity contribution < 1.29 is 9.32 Å². The Hall–Kier alpha value is -3.62. The Morgan fingerprint density at radius 2 is 2.00 bits per heavy atom. The zero-order valence-corrected chi connectivity index (χ0v) is 14.9. The number of carbonyl (C=O) groups excluding carboxylic acids is 1. The van der Waals surface area contributed by atoms with Gasteiger partial charge in [0.05, 0.1) is 0 Å². The van der Waals surface area contributed by atoms with E-state index in [4.69, 9.17) is 4.52 Å². The summed E-state index contributed by atoms with van der Waals surface area (Å²) < 4.78 is 6.90. The Morgan fingerprint density at radius 1 is 1.19 bits per heavy atom. The number of pyridine rings is 1. The molecule has 0 aliphatic heterocycles. The van der Waals surface area contributed by atoms with Crippen molar-refractivity contribution in [3.8, 4) is 11.4 Å². The minimum absolute atomic E-state index is 0.184. The number of aryl methyl sites for hydroxylation is 3. The van der Waals surface area contributed by atoms with Crippen molar-refractivity contribution in [1.82, 2.24) is 29.7 Å². The maximum Gasteiger partial charge on any atom is 0.227 e. The SMILES string of the molecule is Cc1cc(C)n2nc(NC(=O)CCc3nc(-c4ccncc4)no3)cc2n1. The second-order valence-electron chi connectivity index (χ2n) is 6.13. The van der Waals surface area contributed by atoms with Crippen LogP contribution in [0.5, 0.6) is 0 Å². The fourth-order valence-electron chi connectivity index (χ4n) is 2.75. The Labute approximate surface area is 154 Å². The molecular formula is C18H17N7O2. The first-order valence-corrected chi connectivity index (χ1v) is 8.45. The number of anilines is 1. The summed E-state index contributed by atoms with van der Waals surface area (Å²) in [6.45, 7) is 3.86. The lowest BCUT2D eigenvalue weighted by Crippen LogP contribution is -2.13. The van der Waals surface area contributed by atoms with Crippen LogP contribution in [0.3, 0.4) is 0 Å². The summed E-state index contributed by atoms with van der Waals surface area (Å²) in [5, 5.41) is 11.1. The number of fused-ring (bicyclic) bond motifs is 1. The number of hydrogen-bond acceptors (Lipinski definition) is 7. The average molecular weight is 363 g/mol. The monoisotopic (exact) mass is 363 g/mol. The second-order valence-corrected chi connectivity index (χ2v) is 6.13. The molecule has 1 N–H and O–H groups in total. The molecule has 4 aromatic heterocycles. The minimum Gasteiger partial charge on any atom is -0.339 e. The molecule has 27 heavy (non-hydrogen) atoms. The van der Waals surface area contributed by atoms with E-state index in [-0.39, 0.29) is 12.3 Å². The molecule has 0 radical (unpaired) electrons. The van der Waals surface area contributed by atoms with Crippen molar-refractivity contribution in [3.63, 3.8) is 0 Å². The van der Waals surface area contributed by atoms with E-state index in [2.05, 4.69) is 30.5 Å². The van der Waals surface area contributed by atoms with E-state index < -0.39 is 0 Å². The maximum absolute atomic E-state index is 12.2. The lowest BCUT2D eigenvalue weighted by atomic mass is 10.2. The standard InChI is InChI=1S/C18H17N7O2/c1-11-9-12(2)25-15(20-11)10-14(23-25)21-16(26)3-4-17-22-18(24-27-17)13-5-7-19-8-6-13/h5-10H,3-4H2,1-2H3,(H,21,23,26). The van der Waals surface area contributed by atoms with Crippen molar-refractivity contribution in [3.05, 3.63) is 53.9 Å². The highest BCUT2D eigenvalue weighted by Gasteiger charge is 2.12. The summed E-state index contributed by atoms with van der Waals surface area (Å²) in [5.41, 5.74) is 3.36. The average Bonchev–Trinajstić information content (AvgIpc) is 3.27. The number of nitrogens with zero attached hydrogens (tertiary/aromatic N) is 6. The van der Waals surface area contributed by atoms with Crippen LogP contribution in [0.15, 0.2) is 41.2 Å². The topological polar surface area (TPSA) is 111 Å². The zero-order valence-electron chi connectivity index (χ0n) is 14.9. The molecule has 0 saturated carbocycles. The van der Waals surface area contributed by atoms with Gasteiger partial charge in [-0.1, -0.05) is 5.16 Å². The predicted molar refractivity (Wildman–Crippen MR) is 96.9 cm³/mol. The van der Waals surface area contributed by atoms with Crippen molar-refractivity contribution in [1.29, 1.82) is 0 Å². The Balaban J connectivity index is 1.39. The van der Waals surface area contributed by atoms with Crippen LogP contribution in [0.4, 0.5) is 5.82 Å². The zero-order chi connectivity index (χ0) is 18.8. The summed E-state index contributed by atoms with van der Waals surface area (Å²) in [6.07, 6.45) is 3.86. The van der Waals surface area contributed by atoms with Gasteiger partial charge in [0, 0.05) is 48.3 Å². The molecule has 136 valence electrons. The van der Waals surface area contributed by atoms with Gasteiger partial charge >= 0.3 is 0 Å². The third-order valence-electron chi connectivity index (χ3n) is 3.97. The first kappa shape index (κ1) is 16.8. The molecule has 0 saturated heterocycles. The van der Waals surface area contributed by atoms with Crippen molar-refractivity contribution in [2.45, 2.75) is 26.7 Å². The molecule has 9 nitrogen and oxygen atoms in total. The van der Waals surface area contributed by atoms with Crippen molar-refractivity contribution >= 4 is 17.4 Å². The van der Waals surface area contributed by atoms with Crippen LogP contribution >= 0.6 is 0 Å². The van der Waals surface area contributed by atoms with E-state index in [1.54, 1.807) is 35.1 Å². The quantitative estimate of drug-likeness (QED) is 0.579. The normalized spacial score (nSPS) is 11.0. The number of hydrogen-bond donors (Lipinski definition) is 1. The van der Waals surface area contributed by atoms with E-state index in [9.17, 15) is 4.79 Å². The van der Waals surface area contributed by atoms with Crippen LogP contribution in [-0.4, -0.2) is 35.6 Å². The minimum atomic E-state index is -0.184. The molecule has 0 atom stereocenters. The molecule has 0 spiro atoms. The summed E-state index contributed by atoms with van der Waals surface area (Å²) in [7, 11) is 0. The van der Waals surface area contributed by atoms with E-state index >= 15 is 0 Å². The van der Waals surface area contributed by atoms with Gasteiger partial charge in [-0.05, 0) is 32.0 Å². The number of amides is 1. The highest BCUT2D eigenvalue weighted by atomic mass is 16.5. The van der Waals surface area contributed by atoms with Gasteiger partial charge in [-0.25, -0.2) is 9.50 Å². The fraction of sp³-hybridized carbons (Fsp3) is 0.222. The molecule has 4 aromatic rings. The molecular weight excluding hydrogens is 346 g/mol. The number of nitrogens with one attached hydrogen (secondary N) is 1. The molecule has 4 heterocycles. The third kappa shape index (κ3) is 3.66. The van der Waals surface area contributed by atoms with Gasteiger partial charge in [-0.2, -0.15) is 4.98 Å². The summed E-state index contributed by atoms with van der Waals surface area (Å²) in [5.74, 6) is 1.16. The van der Waals surface area contributed by atoms with Crippen molar-refractivity contribution in [2.24, 2.45) is 0 Å². The lowest BCUT2D eigenvalue weighted by Gasteiger charge is -2.00. The van der Waals surface area contributed by atoms with Gasteiger partial charge in [0.15, 0.2) is 11.5 Å². The Bertz CT molecular complexity index is 1100. The van der Waals surface area contributed by atoms with Crippen LogP contribution in [-0.2, 0) is 11.2 Å². The summed E-state index contributed by atoms with van der Waals surface area (Å²) in [4.78, 5) is 24.9. The van der Waals surface area contributed by atoms with Crippen LogP contribution in [0, 0.1) is 13.8 Å². The molecule has 0 fully saturated rings. The molecule has 0 aliphatic carbocycles. The number of rotatable bonds is 5. The Kier molecular flexibility index (Phi) is 4.33. The molecule has 0 bridgehead atoms.